The van der Waals surface area contributed by atoms with E-state index in [1.165, 1.54) is 4.90 Å². The van der Waals surface area contributed by atoms with Crippen LogP contribution in [0.25, 0.3) is 0 Å². The number of hydrogen-bond acceptors (Lipinski definition) is 4. The Balaban J connectivity index is 1.91. The SMILES string of the molecule is Cc1c(N)cccc1SCCN1C(=O)CNC1=O. The summed E-state index contributed by atoms with van der Waals surface area (Å²) in [5.41, 5.74) is 7.62. The number of nitrogen functional groups attached to an aromatic ring is 1. The number of thioether (sulfide) groups is 1. The van der Waals surface area contributed by atoms with Gasteiger partial charge in [-0.1, -0.05) is 6.07 Å². The van der Waals surface area contributed by atoms with Gasteiger partial charge < -0.3 is 11.1 Å². The van der Waals surface area contributed by atoms with Crippen molar-refractivity contribution in [3.05, 3.63) is 23.8 Å². The Bertz CT molecular complexity index is 474. The number of carbonyl (C=O) groups is 2. The maximum Gasteiger partial charge on any atom is 0.324 e. The Morgan fingerprint density at radius 3 is 2.89 bits per heavy atom. The van der Waals surface area contributed by atoms with Crippen LogP contribution in [0.5, 0.6) is 0 Å². The molecule has 0 saturated carbocycles. The number of rotatable bonds is 4. The number of benzene rings is 1. The minimum atomic E-state index is -0.301. The van der Waals surface area contributed by atoms with Crippen LogP contribution in [-0.2, 0) is 4.79 Å². The summed E-state index contributed by atoms with van der Waals surface area (Å²) in [5, 5.41) is 2.50. The zero-order chi connectivity index (χ0) is 13.1. The molecule has 6 heteroatoms. The second kappa shape index (κ2) is 5.30. The van der Waals surface area contributed by atoms with Crippen LogP contribution in [0.2, 0.25) is 0 Å². The molecule has 5 nitrogen and oxygen atoms in total. The highest BCUT2D eigenvalue weighted by atomic mass is 32.2. The fraction of sp³-hybridized carbons (Fsp3) is 0.333. The van der Waals surface area contributed by atoms with Gasteiger partial charge in [-0.3, -0.25) is 9.69 Å². The second-order valence-corrected chi connectivity index (χ2v) is 5.16. The fourth-order valence-electron chi connectivity index (χ4n) is 1.72. The van der Waals surface area contributed by atoms with E-state index in [0.717, 1.165) is 16.1 Å². The van der Waals surface area contributed by atoms with Gasteiger partial charge in [0.15, 0.2) is 0 Å². The van der Waals surface area contributed by atoms with Crippen LogP contribution >= 0.6 is 11.8 Å². The maximum atomic E-state index is 11.4. The van der Waals surface area contributed by atoms with Gasteiger partial charge in [-0.15, -0.1) is 11.8 Å². The van der Waals surface area contributed by atoms with E-state index >= 15 is 0 Å². The number of nitrogens with one attached hydrogen (secondary N) is 1. The van der Waals surface area contributed by atoms with E-state index in [0.29, 0.717) is 12.3 Å². The molecule has 0 spiro atoms. The lowest BCUT2D eigenvalue weighted by atomic mass is 10.2. The van der Waals surface area contributed by atoms with Gasteiger partial charge in [0, 0.05) is 22.9 Å². The zero-order valence-corrected chi connectivity index (χ0v) is 10.9. The first-order chi connectivity index (χ1) is 8.59. The third kappa shape index (κ3) is 2.59. The topological polar surface area (TPSA) is 75.4 Å². The van der Waals surface area contributed by atoms with Crippen molar-refractivity contribution in [2.75, 3.05) is 24.6 Å². The summed E-state index contributed by atoms with van der Waals surface area (Å²) < 4.78 is 0. The molecule has 96 valence electrons. The first-order valence-electron chi connectivity index (χ1n) is 5.65. The normalized spacial score (nSPS) is 15.1. The molecule has 1 saturated heterocycles. The van der Waals surface area contributed by atoms with Crippen molar-refractivity contribution in [1.29, 1.82) is 0 Å². The molecule has 3 N–H and O–H groups in total. The third-order valence-electron chi connectivity index (χ3n) is 2.84. The lowest BCUT2D eigenvalue weighted by Gasteiger charge is -2.12. The van der Waals surface area contributed by atoms with Crippen molar-refractivity contribution in [2.45, 2.75) is 11.8 Å². The molecular formula is C12H15N3O2S. The average molecular weight is 265 g/mol. The Labute approximate surface area is 110 Å². The average Bonchev–Trinajstić information content (AvgIpc) is 2.66. The van der Waals surface area contributed by atoms with Crippen molar-refractivity contribution in [2.24, 2.45) is 0 Å². The van der Waals surface area contributed by atoms with Crippen LogP contribution in [0.1, 0.15) is 5.56 Å². The maximum absolute atomic E-state index is 11.4. The Morgan fingerprint density at radius 1 is 1.44 bits per heavy atom. The number of hydrogen-bond donors (Lipinski definition) is 2. The van der Waals surface area contributed by atoms with Crippen molar-refractivity contribution in [3.8, 4) is 0 Å². The predicted molar refractivity (Wildman–Crippen MR) is 71.4 cm³/mol. The lowest BCUT2D eigenvalue weighted by Crippen LogP contribution is -2.32. The molecule has 0 radical (unpaired) electrons. The highest BCUT2D eigenvalue weighted by Gasteiger charge is 2.27. The summed E-state index contributed by atoms with van der Waals surface area (Å²) in [5.74, 6) is 0.508. The summed E-state index contributed by atoms with van der Waals surface area (Å²) in [6.45, 7) is 2.50. The minimum absolute atomic E-state index is 0.112. The first kappa shape index (κ1) is 12.8. The molecule has 1 aromatic carbocycles. The van der Waals surface area contributed by atoms with Gasteiger partial charge in [0.1, 0.15) is 0 Å². The Hall–Kier alpha value is -1.69. The molecule has 1 fully saturated rings. The highest BCUT2D eigenvalue weighted by molar-refractivity contribution is 7.99. The summed E-state index contributed by atoms with van der Waals surface area (Å²) in [4.78, 5) is 25.0. The predicted octanol–water partition coefficient (Wildman–Crippen LogP) is 1.22. The number of nitrogens with zero attached hydrogens (tertiary/aromatic N) is 1. The van der Waals surface area contributed by atoms with Crippen LogP contribution in [0, 0.1) is 6.92 Å². The second-order valence-electron chi connectivity index (χ2n) is 4.02. The van der Waals surface area contributed by atoms with Crippen molar-refractivity contribution in [3.63, 3.8) is 0 Å². The zero-order valence-electron chi connectivity index (χ0n) is 10.1. The van der Waals surface area contributed by atoms with Crippen LogP contribution in [0.3, 0.4) is 0 Å². The van der Waals surface area contributed by atoms with E-state index < -0.39 is 0 Å². The first-order valence-corrected chi connectivity index (χ1v) is 6.64. The van der Waals surface area contributed by atoms with E-state index in [-0.39, 0.29) is 18.5 Å². The number of nitrogens with two attached hydrogens (primary N) is 1. The largest absolute Gasteiger partial charge is 0.398 e. The number of amides is 3. The van der Waals surface area contributed by atoms with Crippen molar-refractivity contribution < 1.29 is 9.59 Å². The quantitative estimate of drug-likeness (QED) is 0.487. The molecule has 18 heavy (non-hydrogen) atoms. The van der Waals surface area contributed by atoms with E-state index in [1.807, 2.05) is 25.1 Å². The summed E-state index contributed by atoms with van der Waals surface area (Å²) in [6, 6.07) is 5.45. The number of carbonyl (C=O) groups excluding carboxylic acids is 2. The van der Waals surface area contributed by atoms with Crippen LogP contribution < -0.4 is 11.1 Å². The van der Waals surface area contributed by atoms with Gasteiger partial charge in [0.05, 0.1) is 6.54 Å². The molecule has 0 bridgehead atoms. The fourth-order valence-corrected chi connectivity index (χ4v) is 2.72. The summed E-state index contributed by atoms with van der Waals surface area (Å²) >= 11 is 1.60. The van der Waals surface area contributed by atoms with E-state index in [9.17, 15) is 9.59 Å². The molecule has 0 atom stereocenters. The van der Waals surface area contributed by atoms with E-state index in [2.05, 4.69) is 5.32 Å². The Kier molecular flexibility index (Phi) is 3.76. The summed E-state index contributed by atoms with van der Waals surface area (Å²) in [7, 11) is 0. The lowest BCUT2D eigenvalue weighted by molar-refractivity contribution is -0.124. The van der Waals surface area contributed by atoms with Crippen molar-refractivity contribution in [1.82, 2.24) is 10.2 Å². The molecule has 0 aliphatic carbocycles. The monoisotopic (exact) mass is 265 g/mol. The van der Waals surface area contributed by atoms with Gasteiger partial charge >= 0.3 is 6.03 Å². The number of urea groups is 1. The minimum Gasteiger partial charge on any atom is -0.398 e. The van der Waals surface area contributed by atoms with Crippen LogP contribution in [0.15, 0.2) is 23.1 Å². The number of anilines is 1. The highest BCUT2D eigenvalue weighted by Crippen LogP contribution is 2.26. The molecule has 2 rings (SSSR count). The van der Waals surface area contributed by atoms with Crippen LogP contribution in [0.4, 0.5) is 10.5 Å². The summed E-state index contributed by atoms with van der Waals surface area (Å²) in [6.07, 6.45) is 0. The van der Waals surface area contributed by atoms with E-state index in [4.69, 9.17) is 5.73 Å². The molecule has 3 amide bonds. The van der Waals surface area contributed by atoms with Gasteiger partial charge in [-0.05, 0) is 24.6 Å². The standard InChI is InChI=1S/C12H15N3O2S/c1-8-9(13)3-2-4-10(8)18-6-5-15-11(16)7-14-12(15)17/h2-4H,5-7,13H2,1H3,(H,14,17). The smallest absolute Gasteiger partial charge is 0.324 e. The molecule has 0 unspecified atom stereocenters. The molecule has 0 aromatic heterocycles. The molecular weight excluding hydrogens is 250 g/mol. The molecule has 1 heterocycles. The van der Waals surface area contributed by atoms with Gasteiger partial charge in [0.2, 0.25) is 5.91 Å². The molecule has 1 aliphatic rings. The van der Waals surface area contributed by atoms with Gasteiger partial charge in [-0.2, -0.15) is 0 Å². The third-order valence-corrected chi connectivity index (χ3v) is 3.98. The Morgan fingerprint density at radius 2 is 2.22 bits per heavy atom. The van der Waals surface area contributed by atoms with Crippen molar-refractivity contribution >= 4 is 29.4 Å². The van der Waals surface area contributed by atoms with Gasteiger partial charge in [-0.25, -0.2) is 4.79 Å². The van der Waals surface area contributed by atoms with E-state index in [1.54, 1.807) is 11.8 Å². The molecule has 1 aromatic rings. The van der Waals surface area contributed by atoms with Gasteiger partial charge in [0.25, 0.3) is 0 Å². The number of imide groups is 1. The molecule has 1 aliphatic heterocycles. The van der Waals surface area contributed by atoms with Crippen LogP contribution in [-0.4, -0.2) is 35.7 Å².